The Bertz CT molecular complexity index is 399. The van der Waals surface area contributed by atoms with Crippen LogP contribution in [0.5, 0.6) is 0 Å². The average Bonchev–Trinajstić information content (AvgIpc) is 2.27. The minimum absolute atomic E-state index is 0.00323. The van der Waals surface area contributed by atoms with Gasteiger partial charge in [-0.1, -0.05) is 0 Å². The molecule has 0 fully saturated rings. The first kappa shape index (κ1) is 14.4. The van der Waals surface area contributed by atoms with E-state index in [9.17, 15) is 17.6 Å². The molecule has 5 nitrogen and oxygen atoms in total. The molecule has 0 saturated heterocycles. The van der Waals surface area contributed by atoms with Gasteiger partial charge in [-0.25, -0.2) is 9.37 Å². The number of aliphatic hydroxyl groups is 1. The number of hydrogen-bond acceptors (Lipinski definition) is 5. The van der Waals surface area contributed by atoms with E-state index in [-0.39, 0.29) is 12.5 Å². The summed E-state index contributed by atoms with van der Waals surface area (Å²) in [6.45, 7) is -2.32. The van der Waals surface area contributed by atoms with Gasteiger partial charge in [0.1, 0.15) is 6.54 Å². The van der Waals surface area contributed by atoms with Crippen LogP contribution in [0, 0.1) is 5.82 Å². The number of anilines is 2. The van der Waals surface area contributed by atoms with Gasteiger partial charge in [-0.2, -0.15) is 18.2 Å². The summed E-state index contributed by atoms with van der Waals surface area (Å²) >= 11 is 0. The highest BCUT2D eigenvalue weighted by molar-refractivity contribution is 5.43. The maximum absolute atomic E-state index is 13.4. The summed E-state index contributed by atoms with van der Waals surface area (Å²) in [6.07, 6.45) is -3.75. The van der Waals surface area contributed by atoms with Gasteiger partial charge in [0.15, 0.2) is 11.6 Å². The number of nitrogens with one attached hydrogen (secondary N) is 1. The van der Waals surface area contributed by atoms with Gasteiger partial charge in [0.2, 0.25) is 5.95 Å². The van der Waals surface area contributed by atoms with Gasteiger partial charge >= 0.3 is 6.18 Å². The zero-order valence-corrected chi connectivity index (χ0v) is 9.50. The van der Waals surface area contributed by atoms with E-state index in [0.29, 0.717) is 4.90 Å². The van der Waals surface area contributed by atoms with Gasteiger partial charge in [-0.15, -0.1) is 0 Å². The second-order valence-corrected chi connectivity index (χ2v) is 3.38. The van der Waals surface area contributed by atoms with Crippen molar-refractivity contribution in [2.45, 2.75) is 6.18 Å². The van der Waals surface area contributed by atoms with Crippen molar-refractivity contribution in [3.05, 3.63) is 12.0 Å². The maximum Gasteiger partial charge on any atom is 0.405 e. The molecule has 0 aliphatic carbocycles. The molecule has 1 heterocycles. The SMILES string of the molecule is CNc1ncc(F)c(N(CCO)CC(F)(F)F)n1. The molecule has 0 saturated carbocycles. The van der Waals surface area contributed by atoms with E-state index in [2.05, 4.69) is 15.3 Å². The van der Waals surface area contributed by atoms with Crippen LogP contribution >= 0.6 is 0 Å². The summed E-state index contributed by atoms with van der Waals surface area (Å²) < 4.78 is 50.4. The summed E-state index contributed by atoms with van der Waals surface area (Å²) in [7, 11) is 1.46. The van der Waals surface area contributed by atoms with Crippen LogP contribution in [0.1, 0.15) is 0 Å². The van der Waals surface area contributed by atoms with Crippen molar-refractivity contribution in [1.82, 2.24) is 9.97 Å². The van der Waals surface area contributed by atoms with Crippen LogP contribution in [0.4, 0.5) is 29.3 Å². The molecule has 0 unspecified atom stereocenters. The van der Waals surface area contributed by atoms with Crippen molar-refractivity contribution >= 4 is 11.8 Å². The smallest absolute Gasteiger partial charge is 0.395 e. The van der Waals surface area contributed by atoms with Crippen molar-refractivity contribution in [3.63, 3.8) is 0 Å². The quantitative estimate of drug-likeness (QED) is 0.781. The van der Waals surface area contributed by atoms with E-state index in [4.69, 9.17) is 5.11 Å². The summed E-state index contributed by atoms with van der Waals surface area (Å²) in [4.78, 5) is 7.75. The van der Waals surface area contributed by atoms with Crippen LogP contribution in [-0.4, -0.2) is 48.0 Å². The van der Waals surface area contributed by atoms with Crippen LogP contribution in [0.2, 0.25) is 0 Å². The zero-order chi connectivity index (χ0) is 13.8. The fraction of sp³-hybridized carbons (Fsp3) is 0.556. The lowest BCUT2D eigenvalue weighted by Crippen LogP contribution is -2.37. The van der Waals surface area contributed by atoms with Gasteiger partial charge in [0, 0.05) is 13.6 Å². The number of halogens is 4. The molecule has 102 valence electrons. The molecule has 2 N–H and O–H groups in total. The topological polar surface area (TPSA) is 61.3 Å². The molecule has 0 aliphatic rings. The fourth-order valence-electron chi connectivity index (χ4n) is 1.30. The summed E-state index contributed by atoms with van der Waals surface area (Å²) in [5.41, 5.74) is 0. The molecule has 0 radical (unpaired) electrons. The first-order chi connectivity index (χ1) is 8.37. The number of hydrogen-bond donors (Lipinski definition) is 2. The Morgan fingerprint density at radius 3 is 2.61 bits per heavy atom. The average molecular weight is 268 g/mol. The van der Waals surface area contributed by atoms with Gasteiger partial charge < -0.3 is 15.3 Å². The standard InChI is InChI=1S/C9H12F4N4O/c1-14-8-15-4-6(10)7(16-8)17(2-3-18)5-9(11,12)13/h4,18H,2-3,5H2,1H3,(H,14,15,16). The molecule has 1 aromatic rings. The van der Waals surface area contributed by atoms with Gasteiger partial charge in [0.25, 0.3) is 0 Å². The van der Waals surface area contributed by atoms with Crippen LogP contribution in [-0.2, 0) is 0 Å². The Balaban J connectivity index is 3.04. The summed E-state index contributed by atoms with van der Waals surface area (Å²) in [5.74, 6) is -1.48. The minimum Gasteiger partial charge on any atom is -0.395 e. The molecule has 0 atom stereocenters. The number of aliphatic hydroxyl groups excluding tert-OH is 1. The van der Waals surface area contributed by atoms with E-state index in [1.54, 1.807) is 0 Å². The lowest BCUT2D eigenvalue weighted by molar-refractivity contribution is -0.120. The Kier molecular flexibility index (Phi) is 4.65. The number of rotatable bonds is 5. The number of alkyl halides is 3. The molecular weight excluding hydrogens is 256 g/mol. The van der Waals surface area contributed by atoms with Crippen molar-refractivity contribution < 1.29 is 22.7 Å². The second kappa shape index (κ2) is 5.80. The van der Waals surface area contributed by atoms with E-state index in [1.165, 1.54) is 7.05 Å². The largest absolute Gasteiger partial charge is 0.405 e. The number of nitrogens with zero attached hydrogens (tertiary/aromatic N) is 3. The highest BCUT2D eigenvalue weighted by Crippen LogP contribution is 2.23. The predicted octanol–water partition coefficient (Wildman–Crippen LogP) is 1.02. The minimum atomic E-state index is -4.52. The third kappa shape index (κ3) is 3.99. The number of aromatic nitrogens is 2. The van der Waals surface area contributed by atoms with Crippen molar-refractivity contribution in [2.75, 3.05) is 37.0 Å². The van der Waals surface area contributed by atoms with E-state index >= 15 is 0 Å². The monoisotopic (exact) mass is 268 g/mol. The van der Waals surface area contributed by atoms with Crippen LogP contribution < -0.4 is 10.2 Å². The molecule has 0 amide bonds. The molecule has 0 spiro atoms. The van der Waals surface area contributed by atoms with Gasteiger partial charge in [-0.3, -0.25) is 0 Å². The van der Waals surface area contributed by atoms with Crippen LogP contribution in [0.25, 0.3) is 0 Å². The van der Waals surface area contributed by atoms with E-state index < -0.39 is 31.0 Å². The first-order valence-corrected chi connectivity index (χ1v) is 5.00. The molecule has 1 rings (SSSR count). The maximum atomic E-state index is 13.4. The first-order valence-electron chi connectivity index (χ1n) is 5.00. The Morgan fingerprint density at radius 1 is 1.44 bits per heavy atom. The molecule has 0 bridgehead atoms. The van der Waals surface area contributed by atoms with Crippen molar-refractivity contribution in [2.24, 2.45) is 0 Å². The lowest BCUT2D eigenvalue weighted by Gasteiger charge is -2.24. The third-order valence-corrected chi connectivity index (χ3v) is 1.99. The predicted molar refractivity (Wildman–Crippen MR) is 56.9 cm³/mol. The Morgan fingerprint density at radius 2 is 2.11 bits per heavy atom. The zero-order valence-electron chi connectivity index (χ0n) is 9.50. The van der Waals surface area contributed by atoms with Gasteiger partial charge in [0.05, 0.1) is 12.8 Å². The highest BCUT2D eigenvalue weighted by atomic mass is 19.4. The summed E-state index contributed by atoms with van der Waals surface area (Å²) in [5, 5.41) is 11.2. The van der Waals surface area contributed by atoms with Gasteiger partial charge in [-0.05, 0) is 0 Å². The Hall–Kier alpha value is -1.64. The van der Waals surface area contributed by atoms with E-state index in [1.807, 2.05) is 0 Å². The van der Waals surface area contributed by atoms with Crippen LogP contribution in [0.3, 0.4) is 0 Å². The summed E-state index contributed by atoms with van der Waals surface area (Å²) in [6, 6.07) is 0. The molecule has 18 heavy (non-hydrogen) atoms. The molecule has 0 aliphatic heterocycles. The lowest BCUT2D eigenvalue weighted by atomic mass is 10.4. The normalized spacial score (nSPS) is 11.4. The second-order valence-electron chi connectivity index (χ2n) is 3.38. The molecule has 1 aromatic heterocycles. The fourth-order valence-corrected chi connectivity index (χ4v) is 1.30. The van der Waals surface area contributed by atoms with Crippen molar-refractivity contribution in [1.29, 1.82) is 0 Å². The molecular formula is C9H12F4N4O. The Labute approximate surface area is 100 Å². The van der Waals surface area contributed by atoms with Crippen molar-refractivity contribution in [3.8, 4) is 0 Å². The molecule has 0 aromatic carbocycles. The highest BCUT2D eigenvalue weighted by Gasteiger charge is 2.32. The molecule has 9 heteroatoms. The third-order valence-electron chi connectivity index (χ3n) is 1.99. The van der Waals surface area contributed by atoms with Crippen LogP contribution in [0.15, 0.2) is 6.20 Å². The van der Waals surface area contributed by atoms with E-state index in [0.717, 1.165) is 6.20 Å².